The highest BCUT2D eigenvalue weighted by atomic mass is 16.4. The van der Waals surface area contributed by atoms with Gasteiger partial charge in [0.1, 0.15) is 0 Å². The van der Waals surface area contributed by atoms with Crippen molar-refractivity contribution in [3.8, 4) is 0 Å². The number of anilines is 2. The van der Waals surface area contributed by atoms with Crippen molar-refractivity contribution in [2.45, 2.75) is 6.92 Å². The van der Waals surface area contributed by atoms with Gasteiger partial charge in [-0.05, 0) is 36.8 Å². The topological polar surface area (TPSA) is 105 Å². The van der Waals surface area contributed by atoms with E-state index in [0.29, 0.717) is 11.3 Å². The molecule has 0 aliphatic carbocycles. The number of benzene rings is 1. The summed E-state index contributed by atoms with van der Waals surface area (Å²) in [4.78, 5) is 26.9. The van der Waals surface area contributed by atoms with Crippen LogP contribution in [0.3, 0.4) is 0 Å². The molecule has 0 saturated carbocycles. The number of hydrogen-bond donors (Lipinski definition) is 3. The lowest BCUT2D eigenvalue weighted by atomic mass is 10.1. The number of nitrogens with two attached hydrogens (primary N) is 1. The van der Waals surface area contributed by atoms with Crippen LogP contribution in [0.4, 0.5) is 11.4 Å². The molecule has 1 amide bonds. The van der Waals surface area contributed by atoms with Crippen molar-refractivity contribution >= 4 is 23.3 Å². The quantitative estimate of drug-likeness (QED) is 0.791. The molecule has 4 N–H and O–H groups in total. The second-order valence-electron chi connectivity index (χ2n) is 4.23. The highest BCUT2D eigenvalue weighted by Gasteiger charge is 2.13. The molecule has 0 aliphatic rings. The van der Waals surface area contributed by atoms with Crippen LogP contribution in [0.25, 0.3) is 0 Å². The zero-order chi connectivity index (χ0) is 14.7. The number of rotatable bonds is 3. The molecule has 0 fully saturated rings. The maximum Gasteiger partial charge on any atom is 0.336 e. The number of aryl methyl sites for hydroxylation is 1. The first-order chi connectivity index (χ1) is 9.49. The van der Waals surface area contributed by atoms with Crippen LogP contribution in [-0.2, 0) is 0 Å². The molecule has 0 unspecified atom stereocenters. The molecule has 1 aromatic heterocycles. The number of nitrogens with one attached hydrogen (secondary N) is 1. The van der Waals surface area contributed by atoms with E-state index in [0.717, 1.165) is 0 Å². The fraction of sp³-hybridized carbons (Fsp3) is 0.0714. The normalized spacial score (nSPS) is 10.1. The molecular formula is C14H13N3O3. The maximum absolute atomic E-state index is 12.0. The summed E-state index contributed by atoms with van der Waals surface area (Å²) in [6.45, 7) is 1.69. The second-order valence-corrected chi connectivity index (χ2v) is 4.23. The van der Waals surface area contributed by atoms with E-state index in [1.165, 1.54) is 12.3 Å². The molecule has 2 aromatic rings. The van der Waals surface area contributed by atoms with Gasteiger partial charge in [0.2, 0.25) is 0 Å². The molecule has 102 valence electrons. The summed E-state index contributed by atoms with van der Waals surface area (Å²) in [5.74, 6) is -1.53. The van der Waals surface area contributed by atoms with E-state index in [9.17, 15) is 9.59 Å². The van der Waals surface area contributed by atoms with Crippen LogP contribution in [0.2, 0.25) is 0 Å². The van der Waals surface area contributed by atoms with Crippen LogP contribution in [-0.4, -0.2) is 22.0 Å². The molecule has 1 heterocycles. The molecular weight excluding hydrogens is 258 g/mol. The number of nitrogen functional groups attached to an aromatic ring is 1. The average molecular weight is 271 g/mol. The van der Waals surface area contributed by atoms with Crippen molar-refractivity contribution in [2.24, 2.45) is 0 Å². The minimum absolute atomic E-state index is 0.102. The molecule has 6 heteroatoms. The number of carboxylic acid groups (broad SMARTS) is 1. The Labute approximate surface area is 115 Å². The van der Waals surface area contributed by atoms with Gasteiger partial charge in [-0.25, -0.2) is 9.78 Å². The summed E-state index contributed by atoms with van der Waals surface area (Å²) in [7, 11) is 0. The monoisotopic (exact) mass is 271 g/mol. The van der Waals surface area contributed by atoms with Crippen LogP contribution < -0.4 is 11.1 Å². The van der Waals surface area contributed by atoms with E-state index in [1.54, 1.807) is 31.2 Å². The predicted octanol–water partition coefficient (Wildman–Crippen LogP) is 1.92. The Morgan fingerprint density at radius 1 is 1.30 bits per heavy atom. The van der Waals surface area contributed by atoms with Crippen molar-refractivity contribution < 1.29 is 14.7 Å². The lowest BCUT2D eigenvalue weighted by molar-refractivity contribution is 0.0695. The first-order valence-corrected chi connectivity index (χ1v) is 5.85. The van der Waals surface area contributed by atoms with Crippen molar-refractivity contribution in [2.75, 3.05) is 11.1 Å². The zero-order valence-corrected chi connectivity index (χ0v) is 10.8. The van der Waals surface area contributed by atoms with Gasteiger partial charge >= 0.3 is 5.97 Å². The summed E-state index contributed by atoms with van der Waals surface area (Å²) in [5, 5.41) is 11.6. The molecule has 0 saturated heterocycles. The molecule has 6 nitrogen and oxygen atoms in total. The van der Waals surface area contributed by atoms with E-state index in [2.05, 4.69) is 10.3 Å². The van der Waals surface area contributed by atoms with Gasteiger partial charge in [-0.2, -0.15) is 0 Å². The molecule has 0 spiro atoms. The van der Waals surface area contributed by atoms with E-state index in [-0.39, 0.29) is 16.9 Å². The second kappa shape index (κ2) is 5.40. The Balaban J connectivity index is 2.27. The third kappa shape index (κ3) is 2.74. The van der Waals surface area contributed by atoms with Crippen molar-refractivity contribution in [1.29, 1.82) is 0 Å². The Morgan fingerprint density at radius 3 is 2.70 bits per heavy atom. The summed E-state index contributed by atoms with van der Waals surface area (Å²) in [5.41, 5.74) is 7.15. The van der Waals surface area contributed by atoms with Gasteiger partial charge in [0.15, 0.2) is 5.69 Å². The SMILES string of the molecule is Cc1ccc(NC(=O)c2ncccc2N)cc1C(=O)O. The minimum Gasteiger partial charge on any atom is -0.478 e. The van der Waals surface area contributed by atoms with Gasteiger partial charge < -0.3 is 16.2 Å². The summed E-state index contributed by atoms with van der Waals surface area (Å²) >= 11 is 0. The first kappa shape index (κ1) is 13.5. The third-order valence-corrected chi connectivity index (χ3v) is 2.78. The molecule has 1 aromatic carbocycles. The number of hydrogen-bond acceptors (Lipinski definition) is 4. The molecule has 2 rings (SSSR count). The standard InChI is InChI=1S/C14H13N3O3/c1-8-4-5-9(7-10(8)14(19)20)17-13(18)12-11(15)3-2-6-16-12/h2-7H,15H2,1H3,(H,17,18)(H,19,20). The third-order valence-electron chi connectivity index (χ3n) is 2.78. The highest BCUT2D eigenvalue weighted by Crippen LogP contribution is 2.17. The zero-order valence-electron chi connectivity index (χ0n) is 10.8. The molecule has 0 bridgehead atoms. The van der Waals surface area contributed by atoms with Crippen molar-refractivity contribution in [3.63, 3.8) is 0 Å². The summed E-state index contributed by atoms with van der Waals surface area (Å²) in [6, 6.07) is 7.84. The highest BCUT2D eigenvalue weighted by molar-refractivity contribution is 6.06. The number of carbonyl (C=O) groups is 2. The van der Waals surface area contributed by atoms with Gasteiger partial charge in [0.05, 0.1) is 11.3 Å². The Morgan fingerprint density at radius 2 is 2.05 bits per heavy atom. The summed E-state index contributed by atoms with van der Waals surface area (Å²) in [6.07, 6.45) is 1.46. The Hall–Kier alpha value is -2.89. The first-order valence-electron chi connectivity index (χ1n) is 5.85. The van der Waals surface area contributed by atoms with E-state index >= 15 is 0 Å². The smallest absolute Gasteiger partial charge is 0.336 e. The van der Waals surface area contributed by atoms with E-state index in [1.807, 2.05) is 0 Å². The summed E-state index contributed by atoms with van der Waals surface area (Å²) < 4.78 is 0. The maximum atomic E-state index is 12.0. The Kier molecular flexibility index (Phi) is 3.65. The minimum atomic E-state index is -1.05. The molecule has 0 aliphatic heterocycles. The van der Waals surface area contributed by atoms with Gasteiger partial charge in [0.25, 0.3) is 5.91 Å². The van der Waals surface area contributed by atoms with E-state index < -0.39 is 11.9 Å². The fourth-order valence-electron chi connectivity index (χ4n) is 1.73. The lowest BCUT2D eigenvalue weighted by Crippen LogP contribution is -2.16. The van der Waals surface area contributed by atoms with Gasteiger partial charge in [-0.1, -0.05) is 6.07 Å². The van der Waals surface area contributed by atoms with Crippen LogP contribution in [0, 0.1) is 6.92 Å². The van der Waals surface area contributed by atoms with Crippen LogP contribution in [0.1, 0.15) is 26.4 Å². The molecule has 20 heavy (non-hydrogen) atoms. The molecule has 0 radical (unpaired) electrons. The largest absolute Gasteiger partial charge is 0.478 e. The van der Waals surface area contributed by atoms with Crippen molar-refractivity contribution in [1.82, 2.24) is 4.98 Å². The van der Waals surface area contributed by atoms with Gasteiger partial charge in [-0.15, -0.1) is 0 Å². The number of carboxylic acids is 1. The number of pyridine rings is 1. The van der Waals surface area contributed by atoms with Gasteiger partial charge in [-0.3, -0.25) is 4.79 Å². The van der Waals surface area contributed by atoms with Gasteiger partial charge in [0, 0.05) is 11.9 Å². The van der Waals surface area contributed by atoms with Crippen LogP contribution >= 0.6 is 0 Å². The van der Waals surface area contributed by atoms with E-state index in [4.69, 9.17) is 10.8 Å². The molecule has 0 atom stereocenters. The van der Waals surface area contributed by atoms with Crippen LogP contribution in [0.15, 0.2) is 36.5 Å². The predicted molar refractivity (Wildman–Crippen MR) is 74.7 cm³/mol. The number of aromatic nitrogens is 1. The number of nitrogens with zero attached hydrogens (tertiary/aromatic N) is 1. The number of carbonyl (C=O) groups excluding carboxylic acids is 1. The number of amides is 1. The van der Waals surface area contributed by atoms with Crippen LogP contribution in [0.5, 0.6) is 0 Å². The van der Waals surface area contributed by atoms with Crippen molar-refractivity contribution in [3.05, 3.63) is 53.3 Å². The number of aromatic carboxylic acids is 1. The fourth-order valence-corrected chi connectivity index (χ4v) is 1.73. The Bertz CT molecular complexity index is 683. The average Bonchev–Trinajstić information content (AvgIpc) is 2.41. The lowest BCUT2D eigenvalue weighted by Gasteiger charge is -2.08.